The summed E-state index contributed by atoms with van der Waals surface area (Å²) < 4.78 is 6.17. The Bertz CT molecular complexity index is 843. The lowest BCUT2D eigenvalue weighted by atomic mass is 10.2. The molecule has 112 valence electrons. The third-order valence-corrected chi connectivity index (χ3v) is 4.08. The highest BCUT2D eigenvalue weighted by molar-refractivity contribution is 7.22. The number of aromatic nitrogens is 1. The number of hydrogen-bond donors (Lipinski definition) is 2. The van der Waals surface area contributed by atoms with Crippen molar-refractivity contribution in [3.05, 3.63) is 47.5 Å². The van der Waals surface area contributed by atoms with Crippen molar-refractivity contribution >= 4 is 32.9 Å². The molecule has 0 spiro atoms. The molecule has 1 aromatic heterocycles. The van der Waals surface area contributed by atoms with Crippen LogP contribution in [0.4, 0.5) is 5.13 Å². The average Bonchev–Trinajstić information content (AvgIpc) is 2.90. The largest absolute Gasteiger partial charge is 0.504 e. The molecule has 0 aliphatic rings. The number of hydrogen-bond acceptors (Lipinski definition) is 6. The monoisotopic (exact) mass is 313 g/mol. The van der Waals surface area contributed by atoms with Crippen LogP contribution in [0.1, 0.15) is 11.1 Å². The van der Waals surface area contributed by atoms with E-state index in [4.69, 9.17) is 4.74 Å². The summed E-state index contributed by atoms with van der Waals surface area (Å²) in [5, 5.41) is 14.8. The third-order valence-electron chi connectivity index (χ3n) is 3.16. The summed E-state index contributed by atoms with van der Waals surface area (Å²) in [4.78, 5) is 4.45. The minimum Gasteiger partial charge on any atom is -0.504 e. The number of para-hydroxylation sites is 1. The number of phenols is 1. The number of nitrogens with one attached hydrogen (secondary N) is 1. The number of aryl methyl sites for hydroxylation is 1. The molecule has 0 aliphatic heterocycles. The lowest BCUT2D eigenvalue weighted by Gasteiger charge is -2.04. The number of anilines is 1. The van der Waals surface area contributed by atoms with Crippen molar-refractivity contribution in [3.63, 3.8) is 0 Å². The molecular weight excluding hydrogens is 298 g/mol. The van der Waals surface area contributed by atoms with Crippen LogP contribution in [0.5, 0.6) is 11.5 Å². The van der Waals surface area contributed by atoms with E-state index < -0.39 is 0 Å². The van der Waals surface area contributed by atoms with E-state index in [0.717, 1.165) is 10.2 Å². The zero-order valence-corrected chi connectivity index (χ0v) is 13.0. The molecule has 3 aromatic rings. The predicted molar refractivity (Wildman–Crippen MR) is 90.2 cm³/mol. The topological polar surface area (TPSA) is 66.7 Å². The number of ether oxygens (including phenoxy) is 1. The van der Waals surface area contributed by atoms with Crippen LogP contribution in [0.2, 0.25) is 0 Å². The second kappa shape index (κ2) is 6.03. The van der Waals surface area contributed by atoms with Gasteiger partial charge in [-0.1, -0.05) is 23.5 Å². The molecule has 0 unspecified atom stereocenters. The van der Waals surface area contributed by atoms with Gasteiger partial charge in [0.15, 0.2) is 11.5 Å². The van der Waals surface area contributed by atoms with E-state index in [1.165, 1.54) is 30.2 Å². The summed E-state index contributed by atoms with van der Waals surface area (Å²) in [7, 11) is 1.51. The Morgan fingerprint density at radius 2 is 2.18 bits per heavy atom. The van der Waals surface area contributed by atoms with E-state index in [0.29, 0.717) is 16.4 Å². The van der Waals surface area contributed by atoms with E-state index in [1.807, 2.05) is 12.1 Å². The molecule has 2 aromatic carbocycles. The fourth-order valence-corrected chi connectivity index (χ4v) is 2.96. The van der Waals surface area contributed by atoms with Gasteiger partial charge in [-0.15, -0.1) is 0 Å². The quantitative estimate of drug-likeness (QED) is 0.568. The Morgan fingerprint density at radius 1 is 1.32 bits per heavy atom. The molecule has 0 saturated heterocycles. The highest BCUT2D eigenvalue weighted by Crippen LogP contribution is 2.29. The van der Waals surface area contributed by atoms with Crippen LogP contribution in [0.25, 0.3) is 10.2 Å². The first-order chi connectivity index (χ1) is 10.7. The number of aromatic hydroxyl groups is 1. The van der Waals surface area contributed by atoms with E-state index >= 15 is 0 Å². The van der Waals surface area contributed by atoms with Crippen molar-refractivity contribution in [2.45, 2.75) is 6.92 Å². The Labute approximate surface area is 131 Å². The van der Waals surface area contributed by atoms with Gasteiger partial charge in [0.2, 0.25) is 5.13 Å². The summed E-state index contributed by atoms with van der Waals surface area (Å²) in [6, 6.07) is 11.4. The normalized spacial score (nSPS) is 11.2. The molecule has 6 heteroatoms. The van der Waals surface area contributed by atoms with E-state index in [-0.39, 0.29) is 5.75 Å². The van der Waals surface area contributed by atoms with Gasteiger partial charge < -0.3 is 9.84 Å². The first kappa shape index (κ1) is 14.3. The Kier molecular flexibility index (Phi) is 3.93. The Morgan fingerprint density at radius 3 is 3.00 bits per heavy atom. The first-order valence-corrected chi connectivity index (χ1v) is 7.51. The van der Waals surface area contributed by atoms with Crippen LogP contribution in [-0.2, 0) is 0 Å². The number of fused-ring (bicyclic) bond motifs is 1. The van der Waals surface area contributed by atoms with Crippen LogP contribution in [0.3, 0.4) is 0 Å². The molecule has 1 heterocycles. The SMILES string of the molecule is COc1cccc(/C=N\Nc2nc3ccc(C)cc3s2)c1O. The van der Waals surface area contributed by atoms with Gasteiger partial charge in [-0.25, -0.2) is 4.98 Å². The predicted octanol–water partition coefficient (Wildman–Crippen LogP) is 3.76. The second-order valence-electron chi connectivity index (χ2n) is 4.76. The average molecular weight is 313 g/mol. The van der Waals surface area contributed by atoms with Crippen LogP contribution in [0.15, 0.2) is 41.5 Å². The molecule has 5 nitrogen and oxygen atoms in total. The van der Waals surface area contributed by atoms with Gasteiger partial charge in [-0.2, -0.15) is 5.10 Å². The first-order valence-electron chi connectivity index (χ1n) is 6.69. The fourth-order valence-electron chi connectivity index (χ4n) is 2.04. The maximum absolute atomic E-state index is 9.97. The van der Waals surface area contributed by atoms with Gasteiger partial charge in [0.1, 0.15) is 0 Å². The molecular formula is C16H15N3O2S. The van der Waals surface area contributed by atoms with Gasteiger partial charge in [-0.05, 0) is 36.8 Å². The zero-order valence-electron chi connectivity index (χ0n) is 12.2. The number of methoxy groups -OCH3 is 1. The fraction of sp³-hybridized carbons (Fsp3) is 0.125. The lowest BCUT2D eigenvalue weighted by Crippen LogP contribution is -1.92. The molecule has 0 radical (unpaired) electrons. The van der Waals surface area contributed by atoms with E-state index in [1.54, 1.807) is 18.2 Å². The summed E-state index contributed by atoms with van der Waals surface area (Å²) in [6.45, 7) is 2.05. The molecule has 0 fully saturated rings. The Balaban J connectivity index is 1.78. The molecule has 0 saturated carbocycles. The maximum atomic E-state index is 9.97. The van der Waals surface area contributed by atoms with Gasteiger partial charge in [0, 0.05) is 5.56 Å². The van der Waals surface area contributed by atoms with Gasteiger partial charge in [0.25, 0.3) is 0 Å². The van der Waals surface area contributed by atoms with Crippen molar-refractivity contribution < 1.29 is 9.84 Å². The maximum Gasteiger partial charge on any atom is 0.204 e. The highest BCUT2D eigenvalue weighted by atomic mass is 32.1. The van der Waals surface area contributed by atoms with Crippen LogP contribution >= 0.6 is 11.3 Å². The van der Waals surface area contributed by atoms with Crippen LogP contribution < -0.4 is 10.2 Å². The lowest BCUT2D eigenvalue weighted by molar-refractivity contribution is 0.373. The summed E-state index contributed by atoms with van der Waals surface area (Å²) in [5.41, 5.74) is 5.61. The molecule has 22 heavy (non-hydrogen) atoms. The van der Waals surface area contributed by atoms with Crippen molar-refractivity contribution in [2.75, 3.05) is 12.5 Å². The minimum absolute atomic E-state index is 0.0653. The van der Waals surface area contributed by atoms with E-state index in [9.17, 15) is 5.11 Å². The van der Waals surface area contributed by atoms with Gasteiger partial charge in [-0.3, -0.25) is 5.43 Å². The van der Waals surface area contributed by atoms with Gasteiger partial charge in [0.05, 0.1) is 23.5 Å². The van der Waals surface area contributed by atoms with Gasteiger partial charge >= 0.3 is 0 Å². The number of rotatable bonds is 4. The highest BCUT2D eigenvalue weighted by Gasteiger charge is 2.05. The van der Waals surface area contributed by atoms with Crippen molar-refractivity contribution in [3.8, 4) is 11.5 Å². The third kappa shape index (κ3) is 2.87. The minimum atomic E-state index is 0.0653. The molecule has 3 rings (SSSR count). The number of thiazole rings is 1. The number of nitrogens with zero attached hydrogens (tertiary/aromatic N) is 2. The molecule has 2 N–H and O–H groups in total. The number of hydrazone groups is 1. The standard InChI is InChI=1S/C16H15N3O2S/c1-10-6-7-12-14(8-10)22-16(18-12)19-17-9-11-4-3-5-13(21-2)15(11)20/h3-9,20H,1-2H3,(H,18,19)/b17-9-. The van der Waals surface area contributed by atoms with Crippen LogP contribution in [-0.4, -0.2) is 23.4 Å². The summed E-state index contributed by atoms with van der Waals surface area (Å²) in [5.74, 6) is 0.481. The zero-order chi connectivity index (χ0) is 15.5. The number of benzene rings is 2. The number of phenolic OH excluding ortho intramolecular Hbond substituents is 1. The second-order valence-corrected chi connectivity index (χ2v) is 5.79. The summed E-state index contributed by atoms with van der Waals surface area (Å²) >= 11 is 1.54. The molecule has 0 amide bonds. The molecule has 0 bridgehead atoms. The van der Waals surface area contributed by atoms with Crippen LogP contribution in [0, 0.1) is 6.92 Å². The van der Waals surface area contributed by atoms with Crippen molar-refractivity contribution in [1.29, 1.82) is 0 Å². The Hall–Kier alpha value is -2.60. The summed E-state index contributed by atoms with van der Waals surface area (Å²) in [6.07, 6.45) is 1.54. The van der Waals surface area contributed by atoms with Crippen molar-refractivity contribution in [1.82, 2.24) is 4.98 Å². The van der Waals surface area contributed by atoms with E-state index in [2.05, 4.69) is 28.5 Å². The smallest absolute Gasteiger partial charge is 0.204 e. The van der Waals surface area contributed by atoms with Crippen molar-refractivity contribution in [2.24, 2.45) is 5.10 Å². The molecule has 0 atom stereocenters. The molecule has 0 aliphatic carbocycles.